The van der Waals surface area contributed by atoms with E-state index in [1.54, 1.807) is 6.08 Å². The van der Waals surface area contributed by atoms with Crippen molar-refractivity contribution in [2.45, 2.75) is 0 Å². The molecule has 1 N–H and O–H groups in total. The molecule has 0 aliphatic rings. The molecule has 0 bridgehead atoms. The van der Waals surface area contributed by atoms with Gasteiger partial charge in [0.15, 0.2) is 0 Å². The molecule has 0 heterocycles. The Labute approximate surface area is 125 Å². The van der Waals surface area contributed by atoms with Crippen LogP contribution in [0.4, 0.5) is 0 Å². The largest absolute Gasteiger partial charge is 2.00 e. The molecule has 0 aliphatic carbocycles. The molecular weight excluding hydrogens is 294 g/mol. The molecule has 0 atom stereocenters. The molecule has 0 amide bonds. The van der Waals surface area contributed by atoms with Gasteiger partial charge >= 0.3 is 25.4 Å². The molecule has 2 rings (SSSR count). The standard InChI is InChI=1S/C8H7.C7H6O3.Zn/c1-2-8-6-4-3-5-7-8;8-6-4-2-1-3-5(6)7(9)10;/h1-7H;1-4,8H,(H,9,10);/q-1;;+2/p-1. The fraction of sp³-hybridized carbons (Fsp3) is 0. The van der Waals surface area contributed by atoms with Crippen molar-refractivity contribution in [3.05, 3.63) is 72.3 Å². The number of hydrogen-bond acceptors (Lipinski definition) is 2. The summed E-state index contributed by atoms with van der Waals surface area (Å²) in [5.41, 5.74) is 0.884. The van der Waals surface area contributed by atoms with Crippen LogP contribution in [-0.4, -0.2) is 11.1 Å². The van der Waals surface area contributed by atoms with Gasteiger partial charge in [0.2, 0.25) is 0 Å². The third-order valence-electron chi connectivity index (χ3n) is 2.11. The number of rotatable bonds is 2. The maximum absolute atomic E-state index is 10.7. The normalized spacial score (nSPS) is 8.42. The Balaban J connectivity index is 0.000000331. The van der Waals surface area contributed by atoms with Gasteiger partial charge in [0.05, 0.1) is 5.56 Å². The van der Waals surface area contributed by atoms with E-state index < -0.39 is 11.7 Å². The average molecular weight is 306 g/mol. The van der Waals surface area contributed by atoms with Gasteiger partial charge in [0, 0.05) is 0 Å². The monoisotopic (exact) mass is 304 g/mol. The molecule has 0 fully saturated rings. The van der Waals surface area contributed by atoms with Gasteiger partial charge in [0.1, 0.15) is 0 Å². The van der Waals surface area contributed by atoms with Crippen LogP contribution in [0.5, 0.6) is 5.75 Å². The van der Waals surface area contributed by atoms with Gasteiger partial charge < -0.3 is 10.2 Å². The van der Waals surface area contributed by atoms with Crippen molar-refractivity contribution >= 4 is 12.0 Å². The number of carboxylic acids is 1. The molecule has 2 aromatic rings. The van der Waals surface area contributed by atoms with Crippen molar-refractivity contribution in [3.8, 4) is 5.75 Å². The Hall–Kier alpha value is -1.93. The molecule has 0 aromatic heterocycles. The fourth-order valence-corrected chi connectivity index (χ4v) is 1.21. The van der Waals surface area contributed by atoms with E-state index in [1.807, 2.05) is 30.3 Å². The van der Waals surface area contributed by atoms with E-state index >= 15 is 0 Å². The van der Waals surface area contributed by atoms with E-state index in [-0.39, 0.29) is 25.0 Å². The first-order chi connectivity index (χ1) is 8.65. The molecule has 4 heteroatoms. The van der Waals surface area contributed by atoms with Gasteiger partial charge in [-0.15, -0.1) is 12.1 Å². The van der Waals surface area contributed by atoms with E-state index in [9.17, 15) is 9.90 Å². The van der Waals surface area contributed by atoms with Crippen LogP contribution < -0.4 is 5.11 Å². The van der Waals surface area contributed by atoms with E-state index in [4.69, 9.17) is 11.7 Å². The Morgan fingerprint density at radius 3 is 1.95 bits per heavy atom. The Morgan fingerprint density at radius 1 is 1.05 bits per heavy atom. The first kappa shape index (κ1) is 17.1. The van der Waals surface area contributed by atoms with E-state index in [2.05, 4.69) is 0 Å². The van der Waals surface area contributed by atoms with Crippen molar-refractivity contribution in [1.29, 1.82) is 0 Å². The number of carboxylic acid groups (broad SMARTS) is 1. The van der Waals surface area contributed by atoms with Crippen LogP contribution in [0.25, 0.3) is 6.08 Å². The number of para-hydroxylation sites is 1. The number of benzene rings is 2. The first-order valence-electron chi connectivity index (χ1n) is 5.24. The molecule has 0 aliphatic heterocycles. The quantitative estimate of drug-likeness (QED) is 0.685. The summed E-state index contributed by atoms with van der Waals surface area (Å²) in [5, 5.41) is 19.0. The summed E-state index contributed by atoms with van der Waals surface area (Å²) in [6, 6.07) is 15.3. The molecule has 2 aromatic carbocycles. The van der Waals surface area contributed by atoms with E-state index in [0.717, 1.165) is 5.56 Å². The zero-order valence-electron chi connectivity index (χ0n) is 10.3. The third-order valence-corrected chi connectivity index (χ3v) is 2.11. The van der Waals surface area contributed by atoms with Crippen LogP contribution in [-0.2, 0) is 19.5 Å². The first-order valence-corrected chi connectivity index (χ1v) is 5.24. The van der Waals surface area contributed by atoms with Gasteiger partial charge in [0.25, 0.3) is 0 Å². The van der Waals surface area contributed by atoms with Crippen LogP contribution in [0.15, 0.2) is 54.6 Å². The summed E-state index contributed by atoms with van der Waals surface area (Å²) in [7, 11) is 0. The van der Waals surface area contributed by atoms with Gasteiger partial charge in [-0.1, -0.05) is 42.1 Å². The van der Waals surface area contributed by atoms with Crippen LogP contribution in [0, 0.1) is 6.58 Å². The van der Waals surface area contributed by atoms with E-state index in [0.29, 0.717) is 0 Å². The Kier molecular flexibility index (Phi) is 8.14. The third kappa shape index (κ3) is 5.98. The van der Waals surface area contributed by atoms with Crippen molar-refractivity contribution < 1.29 is 34.5 Å². The minimum Gasteiger partial charge on any atom is -0.872 e. The van der Waals surface area contributed by atoms with E-state index in [1.165, 1.54) is 24.3 Å². The van der Waals surface area contributed by atoms with Crippen LogP contribution in [0.2, 0.25) is 0 Å². The van der Waals surface area contributed by atoms with Gasteiger partial charge in [-0.25, -0.2) is 10.9 Å². The maximum atomic E-state index is 10.7. The Morgan fingerprint density at radius 2 is 1.58 bits per heavy atom. The second-order valence-electron chi connectivity index (χ2n) is 3.38. The van der Waals surface area contributed by atoms with Gasteiger partial charge in [-0.3, -0.25) is 6.58 Å². The number of hydrogen-bond donors (Lipinski definition) is 1. The van der Waals surface area contributed by atoms with Gasteiger partial charge in [-0.2, -0.15) is 5.56 Å². The molecule has 0 spiro atoms. The second kappa shape index (κ2) is 9.06. The molecular formula is C15H12O3Zn. The smallest absolute Gasteiger partial charge is 0.872 e. The summed E-state index contributed by atoms with van der Waals surface area (Å²) >= 11 is 0. The van der Waals surface area contributed by atoms with Crippen molar-refractivity contribution in [2.75, 3.05) is 0 Å². The van der Waals surface area contributed by atoms with Crippen molar-refractivity contribution in [3.63, 3.8) is 0 Å². The topological polar surface area (TPSA) is 60.4 Å². The summed E-state index contributed by atoms with van der Waals surface area (Å²) in [6.45, 7) is 5.22. The predicted molar refractivity (Wildman–Crippen MR) is 68.1 cm³/mol. The molecule has 0 saturated carbocycles. The zero-order chi connectivity index (χ0) is 13.4. The predicted octanol–water partition coefficient (Wildman–Crippen LogP) is 2.59. The minimum absolute atomic E-state index is 0. The SMILES string of the molecule is O=C(O)c1ccccc1[O-].[CH-]=Cc1ccccc1.[Zn+2]. The minimum atomic E-state index is -1.18. The summed E-state index contributed by atoms with van der Waals surface area (Å²) in [5.74, 6) is -1.62. The fourth-order valence-electron chi connectivity index (χ4n) is 1.21. The summed E-state index contributed by atoms with van der Waals surface area (Å²) in [6.07, 6.45) is 1.58. The maximum Gasteiger partial charge on any atom is 2.00 e. The molecule has 0 unspecified atom stereocenters. The Bertz CT molecular complexity index is 524. The summed E-state index contributed by atoms with van der Waals surface area (Å²) < 4.78 is 0. The average Bonchev–Trinajstić information content (AvgIpc) is 2.40. The summed E-state index contributed by atoms with van der Waals surface area (Å²) in [4.78, 5) is 10.2. The zero-order valence-corrected chi connectivity index (χ0v) is 13.3. The number of carbonyl (C=O) groups is 1. The van der Waals surface area contributed by atoms with Crippen LogP contribution in [0.3, 0.4) is 0 Å². The van der Waals surface area contributed by atoms with Crippen LogP contribution >= 0.6 is 0 Å². The molecule has 19 heavy (non-hydrogen) atoms. The molecule has 3 nitrogen and oxygen atoms in total. The van der Waals surface area contributed by atoms with Crippen LogP contribution in [0.1, 0.15) is 15.9 Å². The second-order valence-corrected chi connectivity index (χ2v) is 3.38. The molecule has 0 radical (unpaired) electrons. The molecule has 92 valence electrons. The van der Waals surface area contributed by atoms with Gasteiger partial charge in [-0.05, 0) is 6.07 Å². The van der Waals surface area contributed by atoms with Crippen molar-refractivity contribution in [2.24, 2.45) is 0 Å². The molecule has 0 saturated heterocycles. The number of aromatic carboxylic acids is 1. The van der Waals surface area contributed by atoms with Crippen molar-refractivity contribution in [1.82, 2.24) is 0 Å².